The van der Waals surface area contributed by atoms with Gasteiger partial charge in [0.15, 0.2) is 11.5 Å². The maximum Gasteiger partial charge on any atom is 0.271 e. The van der Waals surface area contributed by atoms with Crippen LogP contribution >= 0.6 is 0 Å². The molecule has 6 heteroatoms. The Morgan fingerprint density at radius 1 is 1.08 bits per heavy atom. The van der Waals surface area contributed by atoms with Crippen LogP contribution in [0.1, 0.15) is 33.3 Å². The molecule has 1 aliphatic rings. The molecule has 0 fully saturated rings. The molecule has 0 saturated carbocycles. The highest BCUT2D eigenvalue weighted by atomic mass is 16.5. The number of carbonyl (C=O) groups is 2. The molecule has 0 spiro atoms. The SMILES string of the molecule is CCOc1ccc(/C=C2/C(=O)N(CC)C(=O)C(C#N)=C2C)cc1OCC. The van der Waals surface area contributed by atoms with Crippen molar-refractivity contribution in [2.45, 2.75) is 27.7 Å². The second-order valence-corrected chi connectivity index (χ2v) is 5.60. The maximum atomic E-state index is 12.7. The molecule has 0 saturated heterocycles. The molecule has 1 aliphatic heterocycles. The van der Waals surface area contributed by atoms with Crippen LogP contribution in [-0.4, -0.2) is 36.5 Å². The molecule has 0 aliphatic carbocycles. The number of rotatable bonds is 6. The van der Waals surface area contributed by atoms with E-state index in [9.17, 15) is 14.9 Å². The first-order chi connectivity index (χ1) is 12.5. The van der Waals surface area contributed by atoms with Crippen LogP contribution in [0.2, 0.25) is 0 Å². The summed E-state index contributed by atoms with van der Waals surface area (Å²) in [6, 6.07) is 7.28. The van der Waals surface area contributed by atoms with Crippen molar-refractivity contribution in [1.29, 1.82) is 5.26 Å². The zero-order valence-electron chi connectivity index (χ0n) is 15.5. The minimum Gasteiger partial charge on any atom is -0.490 e. The Labute approximate surface area is 153 Å². The Balaban J connectivity index is 2.55. The summed E-state index contributed by atoms with van der Waals surface area (Å²) in [7, 11) is 0. The van der Waals surface area contributed by atoms with Gasteiger partial charge in [-0.05, 0) is 57.0 Å². The summed E-state index contributed by atoms with van der Waals surface area (Å²) in [5.41, 5.74) is 1.43. The van der Waals surface area contributed by atoms with Crippen molar-refractivity contribution in [3.8, 4) is 17.6 Å². The van der Waals surface area contributed by atoms with Crippen molar-refractivity contribution in [2.24, 2.45) is 0 Å². The van der Waals surface area contributed by atoms with Gasteiger partial charge in [-0.1, -0.05) is 6.07 Å². The number of amides is 2. The molecule has 1 aromatic carbocycles. The summed E-state index contributed by atoms with van der Waals surface area (Å²) < 4.78 is 11.1. The van der Waals surface area contributed by atoms with Crippen LogP contribution in [0.15, 0.2) is 34.9 Å². The van der Waals surface area contributed by atoms with Gasteiger partial charge in [-0.2, -0.15) is 5.26 Å². The number of nitriles is 1. The van der Waals surface area contributed by atoms with Crippen LogP contribution < -0.4 is 9.47 Å². The molecule has 26 heavy (non-hydrogen) atoms. The summed E-state index contributed by atoms with van der Waals surface area (Å²) >= 11 is 0. The minimum atomic E-state index is -0.545. The fourth-order valence-corrected chi connectivity index (χ4v) is 2.74. The lowest BCUT2D eigenvalue weighted by atomic mass is 9.93. The van der Waals surface area contributed by atoms with Gasteiger partial charge >= 0.3 is 0 Å². The molecule has 0 atom stereocenters. The highest BCUT2D eigenvalue weighted by Crippen LogP contribution is 2.31. The topological polar surface area (TPSA) is 79.6 Å². The highest BCUT2D eigenvalue weighted by Gasteiger charge is 2.34. The normalized spacial score (nSPS) is 16.1. The first kappa shape index (κ1) is 19.3. The van der Waals surface area contributed by atoms with Gasteiger partial charge in [-0.25, -0.2) is 0 Å². The third kappa shape index (κ3) is 3.62. The number of ether oxygens (including phenoxy) is 2. The van der Waals surface area contributed by atoms with E-state index in [1.165, 1.54) is 0 Å². The molecular weight excluding hydrogens is 332 g/mol. The molecule has 6 nitrogen and oxygen atoms in total. The minimum absolute atomic E-state index is 0.00586. The number of nitrogens with zero attached hydrogens (tertiary/aromatic N) is 2. The van der Waals surface area contributed by atoms with Gasteiger partial charge in [-0.15, -0.1) is 0 Å². The van der Waals surface area contributed by atoms with Gasteiger partial charge in [0.2, 0.25) is 0 Å². The van der Waals surface area contributed by atoms with E-state index in [1.54, 1.807) is 38.1 Å². The van der Waals surface area contributed by atoms with Crippen molar-refractivity contribution in [1.82, 2.24) is 4.90 Å². The lowest BCUT2D eigenvalue weighted by molar-refractivity contribution is -0.140. The van der Waals surface area contributed by atoms with E-state index in [4.69, 9.17) is 9.47 Å². The molecular formula is C20H22N2O4. The molecule has 0 bridgehead atoms. The fraction of sp³-hybridized carbons (Fsp3) is 0.350. The molecule has 2 amide bonds. The quantitative estimate of drug-likeness (QED) is 0.579. The second-order valence-electron chi connectivity index (χ2n) is 5.60. The van der Waals surface area contributed by atoms with Gasteiger partial charge in [-0.3, -0.25) is 14.5 Å². The van der Waals surface area contributed by atoms with Crippen molar-refractivity contribution in [3.05, 3.63) is 40.5 Å². The Morgan fingerprint density at radius 3 is 2.31 bits per heavy atom. The van der Waals surface area contributed by atoms with Crippen LogP contribution in [0.3, 0.4) is 0 Å². The molecule has 136 valence electrons. The van der Waals surface area contributed by atoms with E-state index in [1.807, 2.05) is 19.9 Å². The standard InChI is InChI=1S/C20H22N2O4/c1-5-22-19(23)15(13(4)16(12-21)20(22)24)10-14-8-9-17(25-6-2)18(11-14)26-7-3/h8-11H,5-7H2,1-4H3/b15-10+. The third-order valence-electron chi connectivity index (χ3n) is 4.02. The van der Waals surface area contributed by atoms with Crippen molar-refractivity contribution in [2.75, 3.05) is 19.8 Å². The van der Waals surface area contributed by atoms with Gasteiger partial charge in [0.1, 0.15) is 11.6 Å². The number of carbonyl (C=O) groups excluding carboxylic acids is 2. The Morgan fingerprint density at radius 2 is 1.73 bits per heavy atom. The van der Waals surface area contributed by atoms with Crippen molar-refractivity contribution >= 4 is 17.9 Å². The number of hydrogen-bond acceptors (Lipinski definition) is 5. The first-order valence-electron chi connectivity index (χ1n) is 8.57. The zero-order valence-corrected chi connectivity index (χ0v) is 15.5. The smallest absolute Gasteiger partial charge is 0.271 e. The van der Waals surface area contributed by atoms with E-state index < -0.39 is 11.8 Å². The molecule has 0 unspecified atom stereocenters. The fourth-order valence-electron chi connectivity index (χ4n) is 2.74. The van der Waals surface area contributed by atoms with Crippen LogP contribution in [0.5, 0.6) is 11.5 Å². The zero-order chi connectivity index (χ0) is 19.3. The van der Waals surface area contributed by atoms with Crippen LogP contribution in [0.25, 0.3) is 6.08 Å². The molecule has 1 heterocycles. The molecule has 1 aromatic rings. The Hall–Kier alpha value is -3.07. The number of hydrogen-bond donors (Lipinski definition) is 0. The van der Waals surface area contributed by atoms with Crippen molar-refractivity contribution < 1.29 is 19.1 Å². The van der Waals surface area contributed by atoms with Crippen LogP contribution in [-0.2, 0) is 9.59 Å². The van der Waals surface area contributed by atoms with Gasteiger partial charge in [0.25, 0.3) is 11.8 Å². The summed E-state index contributed by atoms with van der Waals surface area (Å²) in [4.78, 5) is 26.0. The predicted molar refractivity (Wildman–Crippen MR) is 97.5 cm³/mol. The molecule has 0 N–H and O–H groups in total. The van der Waals surface area contributed by atoms with Crippen LogP contribution in [0, 0.1) is 11.3 Å². The number of imide groups is 1. The van der Waals surface area contributed by atoms with Crippen LogP contribution in [0.4, 0.5) is 0 Å². The lowest BCUT2D eigenvalue weighted by Gasteiger charge is -2.26. The average molecular weight is 354 g/mol. The number of likely N-dealkylation sites (N-methyl/N-ethyl adjacent to an activating group) is 1. The Kier molecular flexibility index (Phi) is 6.18. The molecule has 0 aromatic heterocycles. The van der Waals surface area contributed by atoms with Gasteiger partial charge in [0, 0.05) is 12.1 Å². The first-order valence-corrected chi connectivity index (χ1v) is 8.57. The number of benzene rings is 1. The van der Waals surface area contributed by atoms with Gasteiger partial charge in [0.05, 0.1) is 13.2 Å². The molecule has 0 radical (unpaired) electrons. The lowest BCUT2D eigenvalue weighted by Crippen LogP contribution is -2.42. The maximum absolute atomic E-state index is 12.7. The summed E-state index contributed by atoms with van der Waals surface area (Å²) in [5, 5.41) is 9.29. The summed E-state index contributed by atoms with van der Waals surface area (Å²) in [5.74, 6) is 0.261. The van der Waals surface area contributed by atoms with E-state index in [0.29, 0.717) is 35.9 Å². The van der Waals surface area contributed by atoms with E-state index in [0.717, 1.165) is 10.5 Å². The highest BCUT2D eigenvalue weighted by molar-refractivity contribution is 6.19. The summed E-state index contributed by atoms with van der Waals surface area (Å²) in [6.07, 6.45) is 1.67. The van der Waals surface area contributed by atoms with E-state index >= 15 is 0 Å². The van der Waals surface area contributed by atoms with Crippen molar-refractivity contribution in [3.63, 3.8) is 0 Å². The predicted octanol–water partition coefficient (Wildman–Crippen LogP) is 3.10. The summed E-state index contributed by atoms with van der Waals surface area (Å²) in [6.45, 7) is 8.29. The monoisotopic (exact) mass is 354 g/mol. The third-order valence-corrected chi connectivity index (χ3v) is 4.02. The van der Waals surface area contributed by atoms with E-state index in [2.05, 4.69) is 0 Å². The van der Waals surface area contributed by atoms with E-state index in [-0.39, 0.29) is 12.1 Å². The molecule has 2 rings (SSSR count). The average Bonchev–Trinajstić information content (AvgIpc) is 2.62. The second kappa shape index (κ2) is 8.34. The Bertz CT molecular complexity index is 831. The largest absolute Gasteiger partial charge is 0.490 e. The van der Waals surface area contributed by atoms with Gasteiger partial charge < -0.3 is 9.47 Å².